The van der Waals surface area contributed by atoms with Crippen LogP contribution in [0.1, 0.15) is 145 Å². The number of hydrogen-bond acceptors (Lipinski definition) is 14. The SMILES string of the molecule is C=C[C@H](OC)[C@@H]1CC[C@H]1CN1C[C@@]2(CCCc3cc(Cl)ccc32)COc2ccc(C(=O)N=[S@](=O)(CC(C)=O)C[C@@H](C)CC#CC)cc21.C=C[C@H](OC)[C@@H]1CC[C@H]1CN1C[C@@]2(CCCc3cc(Cl)ccc32)COc2ccccc21.CC#CC[C@H](C)CS(N)(=O)=NC(C)=O.CC#N.O=C=O.S.S. The summed E-state index contributed by atoms with van der Waals surface area (Å²) >= 11 is 12.8. The number of amides is 2. The van der Waals surface area contributed by atoms with Gasteiger partial charge >= 0.3 is 6.15 Å². The van der Waals surface area contributed by atoms with Crippen molar-refractivity contribution in [3.63, 3.8) is 0 Å². The molecule has 2 aliphatic heterocycles. The zero-order valence-electron chi connectivity index (χ0n) is 59.4. The van der Waals surface area contributed by atoms with Gasteiger partial charge in [-0.25, -0.2) is 13.6 Å². The van der Waals surface area contributed by atoms with E-state index in [4.69, 9.17) is 62.1 Å². The Bertz CT molecular complexity index is 3950. The van der Waals surface area contributed by atoms with Gasteiger partial charge in [0.25, 0.3) is 11.8 Å². The number of benzene rings is 4. The third kappa shape index (κ3) is 23.6. The minimum atomic E-state index is -3.12. The number of anilines is 2. The minimum Gasteiger partial charge on any atom is -0.490 e. The van der Waals surface area contributed by atoms with Gasteiger partial charge in [0, 0.05) is 105 Å². The highest BCUT2D eigenvalue weighted by Crippen LogP contribution is 2.49. The third-order valence-electron chi connectivity index (χ3n) is 19.2. The topological polar surface area (TPSA) is 237 Å². The number of aryl methyl sites for hydroxylation is 2. The Hall–Kier alpha value is -6.38. The fourth-order valence-corrected chi connectivity index (χ4v) is 18.8. The number of rotatable bonds is 19. The molecule has 0 saturated heterocycles. The molecule has 23 heteroatoms. The number of carbonyl (C=O) groups is 3. The lowest BCUT2D eigenvalue weighted by atomic mass is 9.68. The van der Waals surface area contributed by atoms with Gasteiger partial charge in [-0.15, -0.1) is 41.2 Å². The predicted octanol–water partition coefficient (Wildman–Crippen LogP) is 14.4. The molecule has 2 amide bonds. The molecule has 4 aliphatic carbocycles. The van der Waals surface area contributed by atoms with Crippen molar-refractivity contribution in [1.29, 1.82) is 5.26 Å². The number of nitriles is 1. The summed E-state index contributed by atoms with van der Waals surface area (Å²) in [6.45, 7) is 24.1. The molecule has 2 heterocycles. The Morgan fingerprint density at radius 2 is 1.17 bits per heavy atom. The first-order chi connectivity index (χ1) is 46.8. The summed E-state index contributed by atoms with van der Waals surface area (Å²) in [5.41, 5.74) is 7.47. The number of nitrogens with two attached hydrogens (primary N) is 1. The van der Waals surface area contributed by atoms with Gasteiger partial charge in [0.2, 0.25) is 0 Å². The van der Waals surface area contributed by atoms with Gasteiger partial charge in [-0.3, -0.25) is 14.4 Å². The van der Waals surface area contributed by atoms with E-state index >= 15 is 0 Å². The largest absolute Gasteiger partial charge is 0.490 e. The first kappa shape index (κ1) is 86.0. The van der Waals surface area contributed by atoms with Crippen LogP contribution in [0.3, 0.4) is 0 Å². The average Bonchev–Trinajstić information content (AvgIpc) is 1.51. The number of halogens is 2. The van der Waals surface area contributed by atoms with Gasteiger partial charge in [0.1, 0.15) is 27.2 Å². The van der Waals surface area contributed by atoms with Crippen molar-refractivity contribution < 1.29 is 51.3 Å². The average molecular weight is 1490 g/mol. The van der Waals surface area contributed by atoms with Crippen molar-refractivity contribution in [2.24, 2.45) is 49.4 Å². The number of hydrogen-bond donors (Lipinski definition) is 1. The molecule has 2 fully saturated rings. The zero-order chi connectivity index (χ0) is 71.8. The normalized spacial score (nSPS) is 22.4. The van der Waals surface area contributed by atoms with Crippen LogP contribution in [0.15, 0.2) is 113 Å². The van der Waals surface area contributed by atoms with Gasteiger partial charge in [-0.05, 0) is 197 Å². The van der Waals surface area contributed by atoms with Crippen LogP contribution in [0.5, 0.6) is 11.5 Å². The number of nitrogens with zero attached hydrogens (tertiary/aromatic N) is 5. The van der Waals surface area contributed by atoms with Gasteiger partial charge < -0.3 is 28.7 Å². The second kappa shape index (κ2) is 41.1. The van der Waals surface area contributed by atoms with E-state index in [1.807, 2.05) is 50.3 Å². The Morgan fingerprint density at radius 3 is 1.60 bits per heavy atom. The van der Waals surface area contributed by atoms with Crippen molar-refractivity contribution >= 4 is 105 Å². The number of ether oxygens (including phenoxy) is 4. The van der Waals surface area contributed by atoms with Crippen LogP contribution in [0.2, 0.25) is 10.0 Å². The quantitative estimate of drug-likeness (QED) is 0.0679. The first-order valence-electron chi connectivity index (χ1n) is 33.6. The van der Waals surface area contributed by atoms with Crippen molar-refractivity contribution in [3.05, 3.63) is 142 Å². The van der Waals surface area contributed by atoms with E-state index in [2.05, 4.69) is 104 Å². The minimum absolute atomic E-state index is 0. The van der Waals surface area contributed by atoms with E-state index in [1.54, 1.807) is 40.2 Å². The van der Waals surface area contributed by atoms with Crippen LogP contribution in [0, 0.1) is 70.5 Å². The van der Waals surface area contributed by atoms with Crippen molar-refractivity contribution in [2.45, 2.75) is 149 Å². The fraction of sp³-hybridized carbons (Fsp3) is 0.519. The van der Waals surface area contributed by atoms with Gasteiger partial charge in [-0.2, -0.15) is 46.2 Å². The maximum atomic E-state index is 13.9. The van der Waals surface area contributed by atoms with E-state index in [9.17, 15) is 22.8 Å². The summed E-state index contributed by atoms with van der Waals surface area (Å²) in [6, 6.07) is 28.3. The van der Waals surface area contributed by atoms with Crippen LogP contribution in [-0.2, 0) is 72.0 Å². The van der Waals surface area contributed by atoms with E-state index < -0.39 is 31.5 Å². The van der Waals surface area contributed by atoms with Crippen LogP contribution >= 0.6 is 50.2 Å². The van der Waals surface area contributed by atoms with Crippen LogP contribution in [-0.4, -0.2) is 115 Å². The van der Waals surface area contributed by atoms with Crippen molar-refractivity contribution in [1.82, 2.24) is 0 Å². The van der Waals surface area contributed by atoms with E-state index in [-0.39, 0.29) is 91.1 Å². The lowest BCUT2D eigenvalue weighted by molar-refractivity contribution is -0.191. The molecule has 1 unspecified atom stereocenters. The monoisotopic (exact) mass is 1480 g/mol. The van der Waals surface area contributed by atoms with E-state index in [0.717, 1.165) is 99.2 Å². The predicted molar refractivity (Wildman–Crippen MR) is 412 cm³/mol. The van der Waals surface area contributed by atoms with Gasteiger partial charge in [0.15, 0.2) is 0 Å². The molecular weight excluding hydrogens is 1380 g/mol. The molecular formula is C77H102Cl2N6O11S4. The first-order valence-corrected chi connectivity index (χ1v) is 37.9. The number of carbonyl (C=O) groups excluding carboxylic acids is 5. The molecule has 2 saturated carbocycles. The highest BCUT2D eigenvalue weighted by molar-refractivity contribution is 7.94. The molecule has 2 N–H and O–H groups in total. The Labute approximate surface area is 619 Å². The fourth-order valence-electron chi connectivity index (χ4n) is 14.7. The number of methoxy groups -OCH3 is 2. The summed E-state index contributed by atoms with van der Waals surface area (Å²) in [6.07, 6.45) is 16.4. The Morgan fingerprint density at radius 1 is 0.710 bits per heavy atom. The summed E-state index contributed by atoms with van der Waals surface area (Å²) in [4.78, 5) is 57.7. The Kier molecular flexibility index (Phi) is 35.3. The van der Waals surface area contributed by atoms with E-state index in [1.165, 1.54) is 68.0 Å². The highest BCUT2D eigenvalue weighted by Gasteiger charge is 2.46. The molecule has 0 aromatic heterocycles. The van der Waals surface area contributed by atoms with Crippen molar-refractivity contribution in [2.75, 3.05) is 80.7 Å². The number of ketones is 1. The third-order valence-corrected chi connectivity index (χ3v) is 23.8. The van der Waals surface area contributed by atoms with Gasteiger partial charge in [0.05, 0.1) is 58.3 Å². The summed E-state index contributed by atoms with van der Waals surface area (Å²) in [5.74, 6) is 13.8. The Balaban J connectivity index is 0.000000342. The lowest BCUT2D eigenvalue weighted by Gasteiger charge is -2.46. The molecule has 17 nitrogen and oxygen atoms in total. The number of Topliss-reactive ketones (excluding diaryl/α,β-unsaturated/α-hetero) is 1. The molecule has 10 rings (SSSR count). The van der Waals surface area contributed by atoms with Gasteiger partial charge in [-0.1, -0.05) is 73.5 Å². The summed E-state index contributed by atoms with van der Waals surface area (Å²) in [7, 11) is -2.44. The summed E-state index contributed by atoms with van der Waals surface area (Å²) in [5, 5.41) is 14.3. The molecule has 0 radical (unpaired) electrons. The molecule has 100 heavy (non-hydrogen) atoms. The van der Waals surface area contributed by atoms with Crippen LogP contribution in [0.4, 0.5) is 11.4 Å². The molecule has 544 valence electrons. The molecule has 12 atom stereocenters. The standard InChI is InChI=1S/C38H47ClN2O5S.C27H32ClNO2.C9H16N2O2S.C2H3N.CO2.2H2S/c1-6-8-10-26(3)22-47(44,23-27(4)42)40-37(43)29-13-17-36-34(20-29)41(21-30-12-15-32(30)35(7-2)45-5)24-38(25-46-36)18-9-11-28-19-31(39)14-16-33(28)38;1-3-25(30-2)22-12-10-20(22)16-29-17-27(18-31-26-9-5-4-8-24(26)29)14-6-7-19-15-21(28)11-13-23(19)27;1-4-5-6-8(2)7-14(10,13)11-9(3)12;1-2-3;2-1-3;;/h7,13-14,16-17,19-20,26,30,32,35H,2,9-12,15,18,21-25H2,1,3-5H3;3-5,8-9,11,13,15,20,22,25H,1,6-7,10,12,14,16-18H2,2H3;8H,6-7H2,1-3H3,(H2,10,11,12,13);1H3;;2*1H2/t26-,30-,32+,35-,38-,47+;20-,22+,25-,27-;8-,14?;;;;/m000..../s1. The lowest BCUT2D eigenvalue weighted by Crippen LogP contribution is -2.49. The second-order valence-electron chi connectivity index (χ2n) is 26.7. The van der Waals surface area contributed by atoms with E-state index in [0.29, 0.717) is 54.4 Å². The van der Waals surface area contributed by atoms with Crippen LogP contribution < -0.4 is 24.4 Å². The maximum Gasteiger partial charge on any atom is 0.373 e. The molecule has 4 aromatic rings. The van der Waals surface area contributed by atoms with Crippen molar-refractivity contribution in [3.8, 4) is 41.2 Å². The molecule has 2 spiro atoms. The zero-order valence-corrected chi connectivity index (χ0v) is 64.6. The smallest absolute Gasteiger partial charge is 0.373 e. The highest BCUT2D eigenvalue weighted by atomic mass is 35.5. The number of fused-ring (bicyclic) bond motifs is 6. The number of para-hydroxylation sites is 2. The summed E-state index contributed by atoms with van der Waals surface area (Å²) < 4.78 is 57.7. The molecule has 4 aromatic carbocycles. The maximum absolute atomic E-state index is 13.9. The molecule has 0 bridgehead atoms. The van der Waals surface area contributed by atoms with Crippen LogP contribution in [0.25, 0.3) is 0 Å². The molecule has 6 aliphatic rings. The second-order valence-corrected chi connectivity index (χ2v) is 31.8.